The Bertz CT molecular complexity index is 781. The van der Waals surface area contributed by atoms with Crippen LogP contribution in [-0.4, -0.2) is 18.9 Å². The van der Waals surface area contributed by atoms with Gasteiger partial charge < -0.3 is 16.4 Å². The molecule has 0 aliphatic carbocycles. The summed E-state index contributed by atoms with van der Waals surface area (Å²) in [5.41, 5.74) is 7.66. The van der Waals surface area contributed by atoms with Crippen LogP contribution in [0, 0.1) is 0 Å². The Balaban J connectivity index is 0.00000338. The molecule has 0 aromatic heterocycles. The number of amides is 1. The highest BCUT2D eigenvalue weighted by molar-refractivity contribution is 14.0. The fraction of sp³-hybridized carbons (Fsp3) is 0.222. The van der Waals surface area contributed by atoms with E-state index in [1.807, 2.05) is 25.1 Å². The molecule has 0 saturated heterocycles. The second-order valence-electron chi connectivity index (χ2n) is 5.52. The number of benzene rings is 2. The van der Waals surface area contributed by atoms with Crippen molar-refractivity contribution in [3.8, 4) is 0 Å². The molecule has 5 nitrogen and oxygen atoms in total. The van der Waals surface area contributed by atoms with Crippen LogP contribution in [0.3, 0.4) is 0 Å². The van der Waals surface area contributed by atoms with Crippen molar-refractivity contribution in [2.24, 2.45) is 10.7 Å². The predicted molar refractivity (Wildman–Crippen MR) is 119 cm³/mol. The molecule has 2 aromatic rings. The predicted octanol–water partition coefficient (Wildman–Crippen LogP) is 4.14. The smallest absolute Gasteiger partial charge is 0.248 e. The molecule has 0 spiro atoms. The van der Waals surface area contributed by atoms with Crippen molar-refractivity contribution in [2.75, 3.05) is 7.05 Å². The quantitative estimate of drug-likeness (QED) is 0.324. The summed E-state index contributed by atoms with van der Waals surface area (Å²) in [6.07, 6.45) is 0. The Kier molecular flexibility index (Phi) is 9.18. The molecule has 0 fully saturated rings. The topological polar surface area (TPSA) is 79.5 Å². The van der Waals surface area contributed by atoms with Gasteiger partial charge in [0, 0.05) is 29.2 Å². The normalized spacial score (nSPS) is 12.1. The average Bonchev–Trinajstić information content (AvgIpc) is 2.58. The summed E-state index contributed by atoms with van der Waals surface area (Å²) in [7, 11) is 1.70. The van der Waals surface area contributed by atoms with Crippen molar-refractivity contribution in [3.05, 3.63) is 69.2 Å². The molecule has 0 aliphatic heterocycles. The molecule has 1 unspecified atom stereocenters. The number of rotatable bonds is 5. The van der Waals surface area contributed by atoms with Crippen molar-refractivity contribution >= 4 is 59.0 Å². The molecule has 26 heavy (non-hydrogen) atoms. The summed E-state index contributed by atoms with van der Waals surface area (Å²) < 4.78 is 0. The number of hydrogen-bond acceptors (Lipinski definition) is 2. The maximum atomic E-state index is 11.1. The van der Waals surface area contributed by atoms with E-state index in [-0.39, 0.29) is 30.0 Å². The van der Waals surface area contributed by atoms with Crippen LogP contribution in [0.15, 0.2) is 47.5 Å². The van der Waals surface area contributed by atoms with E-state index >= 15 is 0 Å². The van der Waals surface area contributed by atoms with E-state index in [4.69, 9.17) is 28.9 Å². The zero-order valence-corrected chi connectivity index (χ0v) is 18.3. The molecule has 0 bridgehead atoms. The third-order valence-corrected chi connectivity index (χ3v) is 4.27. The zero-order chi connectivity index (χ0) is 18.4. The third-order valence-electron chi connectivity index (χ3n) is 3.70. The van der Waals surface area contributed by atoms with Gasteiger partial charge in [-0.05, 0) is 42.3 Å². The SMILES string of the molecule is CN=C(NCc1ccc(C(N)=O)cc1)NC(C)c1ccc(Cl)cc1Cl.I. The summed E-state index contributed by atoms with van der Waals surface area (Å²) in [5, 5.41) is 7.70. The fourth-order valence-corrected chi connectivity index (χ4v) is 2.87. The van der Waals surface area contributed by atoms with Gasteiger partial charge in [-0.15, -0.1) is 24.0 Å². The molecule has 140 valence electrons. The average molecular weight is 507 g/mol. The molecule has 1 amide bonds. The van der Waals surface area contributed by atoms with E-state index in [1.54, 1.807) is 31.3 Å². The second kappa shape index (κ2) is 10.6. The van der Waals surface area contributed by atoms with Gasteiger partial charge in [0.25, 0.3) is 0 Å². The van der Waals surface area contributed by atoms with Gasteiger partial charge in [0.05, 0.1) is 6.04 Å². The van der Waals surface area contributed by atoms with E-state index < -0.39 is 5.91 Å². The van der Waals surface area contributed by atoms with Gasteiger partial charge in [0.1, 0.15) is 0 Å². The maximum Gasteiger partial charge on any atom is 0.248 e. The first-order valence-electron chi connectivity index (χ1n) is 7.71. The number of halogens is 3. The summed E-state index contributed by atoms with van der Waals surface area (Å²) in [6.45, 7) is 2.55. The van der Waals surface area contributed by atoms with Gasteiger partial charge in [-0.25, -0.2) is 0 Å². The van der Waals surface area contributed by atoms with Crippen molar-refractivity contribution in [3.63, 3.8) is 0 Å². The molecule has 0 heterocycles. The minimum Gasteiger partial charge on any atom is -0.366 e. The fourth-order valence-electron chi connectivity index (χ4n) is 2.30. The first-order chi connectivity index (χ1) is 11.9. The molecule has 0 saturated carbocycles. The van der Waals surface area contributed by atoms with Crippen molar-refractivity contribution in [1.82, 2.24) is 10.6 Å². The largest absolute Gasteiger partial charge is 0.366 e. The minimum absolute atomic E-state index is 0. The Hall–Kier alpha value is -1.51. The number of nitrogens with one attached hydrogen (secondary N) is 2. The number of hydrogen-bond donors (Lipinski definition) is 3. The first kappa shape index (κ1) is 22.5. The molecule has 2 rings (SSSR count). The van der Waals surface area contributed by atoms with Crippen LogP contribution in [0.1, 0.15) is 34.5 Å². The molecule has 2 aromatic carbocycles. The number of nitrogens with zero attached hydrogens (tertiary/aromatic N) is 1. The van der Waals surface area contributed by atoms with Crippen molar-refractivity contribution < 1.29 is 4.79 Å². The van der Waals surface area contributed by atoms with Crippen LogP contribution >= 0.6 is 47.2 Å². The number of aliphatic imine (C=N–C) groups is 1. The number of carbonyl (C=O) groups is 1. The summed E-state index contributed by atoms with van der Waals surface area (Å²) >= 11 is 12.2. The maximum absolute atomic E-state index is 11.1. The second-order valence-corrected chi connectivity index (χ2v) is 6.36. The Morgan fingerprint density at radius 3 is 2.38 bits per heavy atom. The van der Waals surface area contributed by atoms with Crippen molar-refractivity contribution in [2.45, 2.75) is 19.5 Å². The van der Waals surface area contributed by atoms with Crippen LogP contribution in [0.5, 0.6) is 0 Å². The number of nitrogens with two attached hydrogens (primary N) is 1. The van der Waals surface area contributed by atoms with Gasteiger partial charge in [-0.2, -0.15) is 0 Å². The molecule has 8 heteroatoms. The molecule has 4 N–H and O–H groups in total. The molecular weight excluding hydrogens is 486 g/mol. The number of carbonyl (C=O) groups excluding carboxylic acids is 1. The van der Waals surface area contributed by atoms with Gasteiger partial charge in [0.15, 0.2) is 5.96 Å². The highest BCUT2D eigenvalue weighted by atomic mass is 127. The van der Waals surface area contributed by atoms with E-state index in [2.05, 4.69) is 15.6 Å². The molecule has 0 aliphatic rings. The lowest BCUT2D eigenvalue weighted by molar-refractivity contribution is 0.100. The van der Waals surface area contributed by atoms with Crippen LogP contribution < -0.4 is 16.4 Å². The lowest BCUT2D eigenvalue weighted by Gasteiger charge is -2.19. The summed E-state index contributed by atoms with van der Waals surface area (Å²) in [4.78, 5) is 15.3. The van der Waals surface area contributed by atoms with Gasteiger partial charge in [-0.3, -0.25) is 9.79 Å². The lowest BCUT2D eigenvalue weighted by Crippen LogP contribution is -2.38. The standard InChI is InChI=1S/C18H20Cl2N4O.HI/c1-11(15-8-7-14(19)9-16(15)20)24-18(22-2)23-10-12-3-5-13(6-4-12)17(21)25;/h3-9,11H,10H2,1-2H3,(H2,21,25)(H2,22,23,24);1H. The third kappa shape index (κ3) is 6.34. The summed E-state index contributed by atoms with van der Waals surface area (Å²) in [6, 6.07) is 12.5. The lowest BCUT2D eigenvalue weighted by atomic mass is 10.1. The molecule has 1 atom stereocenters. The van der Waals surface area contributed by atoms with Crippen LogP contribution in [0.2, 0.25) is 10.0 Å². The van der Waals surface area contributed by atoms with Crippen LogP contribution in [0.25, 0.3) is 0 Å². The minimum atomic E-state index is -0.439. The van der Waals surface area contributed by atoms with Gasteiger partial charge in [-0.1, -0.05) is 41.4 Å². The Morgan fingerprint density at radius 2 is 1.85 bits per heavy atom. The van der Waals surface area contributed by atoms with Gasteiger partial charge in [0.2, 0.25) is 5.91 Å². The van der Waals surface area contributed by atoms with Gasteiger partial charge >= 0.3 is 0 Å². The number of primary amides is 1. The van der Waals surface area contributed by atoms with E-state index in [0.29, 0.717) is 28.1 Å². The van der Waals surface area contributed by atoms with Crippen LogP contribution in [-0.2, 0) is 6.54 Å². The van der Waals surface area contributed by atoms with Crippen LogP contribution in [0.4, 0.5) is 0 Å². The Morgan fingerprint density at radius 1 is 1.19 bits per heavy atom. The monoisotopic (exact) mass is 506 g/mol. The van der Waals surface area contributed by atoms with E-state index in [9.17, 15) is 4.79 Å². The molecule has 0 radical (unpaired) electrons. The number of guanidine groups is 1. The van der Waals surface area contributed by atoms with E-state index in [0.717, 1.165) is 11.1 Å². The highest BCUT2D eigenvalue weighted by Crippen LogP contribution is 2.25. The summed E-state index contributed by atoms with van der Waals surface area (Å²) in [5.74, 6) is 0.197. The highest BCUT2D eigenvalue weighted by Gasteiger charge is 2.11. The first-order valence-corrected chi connectivity index (χ1v) is 8.47. The van der Waals surface area contributed by atoms with Crippen molar-refractivity contribution in [1.29, 1.82) is 0 Å². The Labute approximate surface area is 180 Å². The zero-order valence-electron chi connectivity index (χ0n) is 14.4. The molecular formula is C18H21Cl2IN4O. The van der Waals surface area contributed by atoms with E-state index in [1.165, 1.54) is 0 Å².